The number of carboxylic acids is 1. The van der Waals surface area contributed by atoms with Crippen LogP contribution in [0.4, 0.5) is 18.9 Å². The molecule has 0 aliphatic heterocycles. The molecular weight excluding hydrogens is 281 g/mol. The average Bonchev–Trinajstić information content (AvgIpc) is 2.28. The Morgan fingerprint density at radius 3 is 2.30 bits per heavy atom. The number of carbonyl (C=O) groups is 2. The largest absolute Gasteiger partial charge is 0.573 e. The number of nitrogens with one attached hydrogen (secondary N) is 1. The van der Waals surface area contributed by atoms with Crippen molar-refractivity contribution in [2.45, 2.75) is 18.8 Å². The minimum Gasteiger partial charge on any atom is -0.481 e. The van der Waals surface area contributed by atoms with E-state index < -0.39 is 36.5 Å². The summed E-state index contributed by atoms with van der Waals surface area (Å²) in [4.78, 5) is 21.8. The van der Waals surface area contributed by atoms with E-state index in [-0.39, 0.29) is 5.69 Å². The highest BCUT2D eigenvalue weighted by Crippen LogP contribution is 2.23. The normalized spacial score (nSPS) is 12.6. The number of nitrogens with two attached hydrogens (primary N) is 1. The molecular formula is C11H11F3N2O4. The van der Waals surface area contributed by atoms with Gasteiger partial charge in [-0.15, -0.1) is 13.2 Å². The van der Waals surface area contributed by atoms with Gasteiger partial charge in [0.25, 0.3) is 0 Å². The first-order valence-electron chi connectivity index (χ1n) is 5.31. The SMILES string of the molecule is NC(CC(=O)O)C(=O)Nc1ccc(OC(F)(F)F)cc1. The van der Waals surface area contributed by atoms with Crippen molar-refractivity contribution in [3.8, 4) is 5.75 Å². The van der Waals surface area contributed by atoms with Crippen molar-refractivity contribution in [2.24, 2.45) is 5.73 Å². The molecule has 0 fully saturated rings. The molecule has 0 saturated carbocycles. The third kappa shape index (κ3) is 5.57. The number of rotatable bonds is 5. The molecule has 9 heteroatoms. The van der Waals surface area contributed by atoms with Gasteiger partial charge in [0.05, 0.1) is 12.5 Å². The first kappa shape index (κ1) is 15.8. The summed E-state index contributed by atoms with van der Waals surface area (Å²) in [5, 5.41) is 10.7. The van der Waals surface area contributed by atoms with Gasteiger partial charge in [-0.05, 0) is 24.3 Å². The summed E-state index contributed by atoms with van der Waals surface area (Å²) in [6, 6.07) is 3.11. The van der Waals surface area contributed by atoms with Gasteiger partial charge in [0, 0.05) is 5.69 Å². The van der Waals surface area contributed by atoms with E-state index in [2.05, 4.69) is 10.1 Å². The molecule has 20 heavy (non-hydrogen) atoms. The number of hydrogen-bond donors (Lipinski definition) is 3. The van der Waals surface area contributed by atoms with Crippen molar-refractivity contribution in [1.29, 1.82) is 0 Å². The average molecular weight is 292 g/mol. The Morgan fingerprint density at radius 2 is 1.85 bits per heavy atom. The molecule has 0 saturated heterocycles. The molecule has 1 aromatic carbocycles. The maximum atomic E-state index is 11.9. The van der Waals surface area contributed by atoms with Crippen molar-refractivity contribution >= 4 is 17.6 Å². The minimum atomic E-state index is -4.80. The highest BCUT2D eigenvalue weighted by Gasteiger charge is 2.31. The molecule has 0 heterocycles. The number of benzene rings is 1. The van der Waals surface area contributed by atoms with Crippen LogP contribution in [0.5, 0.6) is 5.75 Å². The summed E-state index contributed by atoms with van der Waals surface area (Å²) < 4.78 is 39.4. The van der Waals surface area contributed by atoms with E-state index in [1.807, 2.05) is 0 Å². The smallest absolute Gasteiger partial charge is 0.481 e. The second kappa shape index (κ2) is 6.24. The Morgan fingerprint density at radius 1 is 1.30 bits per heavy atom. The van der Waals surface area contributed by atoms with Crippen molar-refractivity contribution in [2.75, 3.05) is 5.32 Å². The maximum Gasteiger partial charge on any atom is 0.573 e. The van der Waals surface area contributed by atoms with E-state index in [1.165, 1.54) is 12.1 Å². The molecule has 110 valence electrons. The molecule has 0 aliphatic carbocycles. The third-order valence-electron chi connectivity index (χ3n) is 2.09. The van der Waals surface area contributed by atoms with Crippen LogP contribution in [-0.4, -0.2) is 29.4 Å². The monoisotopic (exact) mass is 292 g/mol. The summed E-state index contributed by atoms with van der Waals surface area (Å²) in [6.45, 7) is 0. The number of anilines is 1. The lowest BCUT2D eigenvalue weighted by atomic mass is 10.2. The first-order chi connectivity index (χ1) is 9.17. The van der Waals surface area contributed by atoms with Crippen LogP contribution in [0.25, 0.3) is 0 Å². The van der Waals surface area contributed by atoms with Gasteiger partial charge in [-0.2, -0.15) is 0 Å². The van der Waals surface area contributed by atoms with Gasteiger partial charge in [0.1, 0.15) is 5.75 Å². The van der Waals surface area contributed by atoms with Crippen molar-refractivity contribution < 1.29 is 32.6 Å². The van der Waals surface area contributed by atoms with Gasteiger partial charge in [-0.25, -0.2) is 0 Å². The van der Waals surface area contributed by atoms with E-state index in [0.717, 1.165) is 12.1 Å². The summed E-state index contributed by atoms with van der Waals surface area (Å²) in [5.74, 6) is -2.43. The lowest BCUT2D eigenvalue weighted by Crippen LogP contribution is -2.37. The second-order valence-electron chi connectivity index (χ2n) is 3.77. The lowest BCUT2D eigenvalue weighted by Gasteiger charge is -2.12. The molecule has 6 nitrogen and oxygen atoms in total. The summed E-state index contributed by atoms with van der Waals surface area (Å²) in [5.41, 5.74) is 5.48. The summed E-state index contributed by atoms with van der Waals surface area (Å²) in [6.07, 6.45) is -5.35. The molecule has 1 aromatic rings. The van der Waals surface area contributed by atoms with Crippen LogP contribution in [0.3, 0.4) is 0 Å². The van der Waals surface area contributed by atoms with Gasteiger partial charge in [-0.1, -0.05) is 0 Å². The zero-order chi connectivity index (χ0) is 15.3. The van der Waals surface area contributed by atoms with Gasteiger partial charge in [0.15, 0.2) is 0 Å². The van der Waals surface area contributed by atoms with Crippen LogP contribution in [0.1, 0.15) is 6.42 Å². The zero-order valence-electron chi connectivity index (χ0n) is 9.98. The van der Waals surface area contributed by atoms with Gasteiger partial charge in [0.2, 0.25) is 5.91 Å². The molecule has 1 rings (SSSR count). The summed E-state index contributed by atoms with van der Waals surface area (Å²) in [7, 11) is 0. The fourth-order valence-electron chi connectivity index (χ4n) is 1.26. The molecule has 0 aromatic heterocycles. The van der Waals surface area contributed by atoms with E-state index in [1.54, 1.807) is 0 Å². The van der Waals surface area contributed by atoms with Gasteiger partial charge < -0.3 is 20.9 Å². The predicted octanol–water partition coefficient (Wildman–Crippen LogP) is 1.33. The number of carboxylic acid groups (broad SMARTS) is 1. The van der Waals surface area contributed by atoms with Gasteiger partial charge >= 0.3 is 12.3 Å². The fourth-order valence-corrected chi connectivity index (χ4v) is 1.26. The molecule has 1 amide bonds. The Labute approximate surface area is 111 Å². The number of carbonyl (C=O) groups excluding carboxylic acids is 1. The van der Waals surface area contributed by atoms with Crippen LogP contribution in [0, 0.1) is 0 Å². The Bertz CT molecular complexity index is 487. The van der Waals surface area contributed by atoms with Crippen LogP contribution in [0.2, 0.25) is 0 Å². The fraction of sp³-hybridized carbons (Fsp3) is 0.273. The van der Waals surface area contributed by atoms with E-state index in [0.29, 0.717) is 0 Å². The van der Waals surface area contributed by atoms with Crippen LogP contribution in [-0.2, 0) is 9.59 Å². The number of ether oxygens (including phenoxy) is 1. The Balaban J connectivity index is 2.61. The van der Waals surface area contributed by atoms with Crippen molar-refractivity contribution in [3.05, 3.63) is 24.3 Å². The van der Waals surface area contributed by atoms with E-state index >= 15 is 0 Å². The zero-order valence-corrected chi connectivity index (χ0v) is 9.98. The molecule has 1 unspecified atom stereocenters. The Kier molecular flexibility index (Phi) is 4.92. The molecule has 4 N–H and O–H groups in total. The number of hydrogen-bond acceptors (Lipinski definition) is 4. The lowest BCUT2D eigenvalue weighted by molar-refractivity contribution is -0.274. The molecule has 0 radical (unpaired) electrons. The van der Waals surface area contributed by atoms with E-state index in [9.17, 15) is 22.8 Å². The molecule has 0 bridgehead atoms. The third-order valence-corrected chi connectivity index (χ3v) is 2.09. The topological polar surface area (TPSA) is 102 Å². The quantitative estimate of drug-likeness (QED) is 0.759. The van der Waals surface area contributed by atoms with Crippen LogP contribution < -0.4 is 15.8 Å². The molecule has 1 atom stereocenters. The van der Waals surface area contributed by atoms with E-state index in [4.69, 9.17) is 10.8 Å². The van der Waals surface area contributed by atoms with Crippen LogP contribution in [0.15, 0.2) is 24.3 Å². The molecule has 0 spiro atoms. The van der Waals surface area contributed by atoms with Crippen molar-refractivity contribution in [1.82, 2.24) is 0 Å². The number of aliphatic carboxylic acids is 1. The number of alkyl halides is 3. The summed E-state index contributed by atoms with van der Waals surface area (Å²) >= 11 is 0. The number of halogens is 3. The molecule has 0 aliphatic rings. The maximum absolute atomic E-state index is 11.9. The van der Waals surface area contributed by atoms with Crippen molar-refractivity contribution in [3.63, 3.8) is 0 Å². The number of amides is 1. The standard InChI is InChI=1S/C11H11F3N2O4/c12-11(13,14)20-7-3-1-6(2-4-7)16-10(19)8(15)5-9(17)18/h1-4,8H,5,15H2,(H,16,19)(H,17,18). The van der Waals surface area contributed by atoms with Gasteiger partial charge in [-0.3, -0.25) is 9.59 Å². The van der Waals surface area contributed by atoms with Crippen LogP contribution >= 0.6 is 0 Å². The highest BCUT2D eigenvalue weighted by atomic mass is 19.4. The minimum absolute atomic E-state index is 0.172. The first-order valence-corrected chi connectivity index (χ1v) is 5.31. The highest BCUT2D eigenvalue weighted by molar-refractivity contribution is 5.96. The Hall–Kier alpha value is -2.29. The second-order valence-corrected chi connectivity index (χ2v) is 3.77. The predicted molar refractivity (Wildman–Crippen MR) is 62.0 cm³/mol.